The first-order chi connectivity index (χ1) is 24.0. The summed E-state index contributed by atoms with van der Waals surface area (Å²) < 4.78 is 0. The normalized spacial score (nSPS) is 12.9. The highest BCUT2D eigenvalue weighted by atomic mass is 15.0. The van der Waals surface area contributed by atoms with Gasteiger partial charge < -0.3 is 0 Å². The highest BCUT2D eigenvalue weighted by Crippen LogP contribution is 2.52. The van der Waals surface area contributed by atoms with Gasteiger partial charge in [0.25, 0.3) is 0 Å². The maximum absolute atomic E-state index is 4.99. The zero-order chi connectivity index (χ0) is 33.0. The molecule has 1 aliphatic carbocycles. The van der Waals surface area contributed by atoms with Crippen LogP contribution in [0.1, 0.15) is 25.0 Å². The molecule has 49 heavy (non-hydrogen) atoms. The third-order valence-electron chi connectivity index (χ3n) is 9.85. The van der Waals surface area contributed by atoms with Gasteiger partial charge in [0.2, 0.25) is 0 Å². The standard InChI is InChI=1S/C45H32N4/c1-45(2)39-24-23-35(27-38(39)41-37-13-7-6-9-31(37)22-25-40(41)45)29-14-18-33(19-15-29)43-47-42(32-10-4-3-5-11-32)48-44(49-43)34-20-16-30(17-21-34)36-12-8-26-46-28-36/h3-28H,1-2H3. The average Bonchev–Trinajstić information content (AvgIpc) is 3.41. The quantitative estimate of drug-likeness (QED) is 0.190. The Morgan fingerprint density at radius 1 is 0.429 bits per heavy atom. The lowest BCUT2D eigenvalue weighted by atomic mass is 9.82. The summed E-state index contributed by atoms with van der Waals surface area (Å²) in [6.07, 6.45) is 3.66. The smallest absolute Gasteiger partial charge is 0.164 e. The molecule has 0 unspecified atom stereocenters. The van der Waals surface area contributed by atoms with E-state index in [1.54, 1.807) is 6.20 Å². The van der Waals surface area contributed by atoms with Crippen LogP contribution in [0.5, 0.6) is 0 Å². The van der Waals surface area contributed by atoms with E-state index in [0.717, 1.165) is 33.4 Å². The number of pyridine rings is 1. The molecule has 0 aliphatic heterocycles. The van der Waals surface area contributed by atoms with Crippen molar-refractivity contribution in [1.82, 2.24) is 19.9 Å². The molecular formula is C45H32N4. The van der Waals surface area contributed by atoms with Gasteiger partial charge in [0, 0.05) is 34.5 Å². The fraction of sp³-hybridized carbons (Fsp3) is 0.0667. The summed E-state index contributed by atoms with van der Waals surface area (Å²) in [6.45, 7) is 4.67. The first kappa shape index (κ1) is 28.9. The zero-order valence-corrected chi connectivity index (χ0v) is 27.3. The fourth-order valence-electron chi connectivity index (χ4n) is 7.21. The maximum Gasteiger partial charge on any atom is 0.164 e. The van der Waals surface area contributed by atoms with Crippen molar-refractivity contribution < 1.29 is 0 Å². The van der Waals surface area contributed by atoms with Gasteiger partial charge in [0.1, 0.15) is 0 Å². The van der Waals surface area contributed by atoms with Gasteiger partial charge in [-0.05, 0) is 67.4 Å². The van der Waals surface area contributed by atoms with Crippen molar-refractivity contribution >= 4 is 10.8 Å². The van der Waals surface area contributed by atoms with Gasteiger partial charge in [-0.15, -0.1) is 0 Å². The third-order valence-corrected chi connectivity index (χ3v) is 9.85. The molecule has 0 spiro atoms. The summed E-state index contributed by atoms with van der Waals surface area (Å²) in [6, 6.07) is 51.2. The van der Waals surface area contributed by atoms with E-state index in [-0.39, 0.29) is 5.41 Å². The van der Waals surface area contributed by atoms with Crippen LogP contribution in [0.15, 0.2) is 158 Å². The van der Waals surface area contributed by atoms with E-state index in [9.17, 15) is 0 Å². The molecule has 232 valence electrons. The van der Waals surface area contributed by atoms with Crippen LogP contribution in [0.25, 0.3) is 78.3 Å². The number of hydrogen-bond acceptors (Lipinski definition) is 4. The third kappa shape index (κ3) is 5.01. The molecule has 0 fully saturated rings. The molecule has 0 saturated heterocycles. The number of benzene rings is 6. The molecular weight excluding hydrogens is 597 g/mol. The summed E-state index contributed by atoms with van der Waals surface area (Å²) in [4.78, 5) is 19.1. The minimum Gasteiger partial charge on any atom is -0.264 e. The van der Waals surface area contributed by atoms with E-state index in [4.69, 9.17) is 15.0 Å². The summed E-state index contributed by atoms with van der Waals surface area (Å²) in [5, 5.41) is 2.58. The van der Waals surface area contributed by atoms with Crippen molar-refractivity contribution in [3.63, 3.8) is 0 Å². The van der Waals surface area contributed by atoms with E-state index in [0.29, 0.717) is 17.5 Å². The van der Waals surface area contributed by atoms with Gasteiger partial charge in [0.15, 0.2) is 17.5 Å². The van der Waals surface area contributed by atoms with Crippen molar-refractivity contribution in [3.8, 4) is 67.5 Å². The minimum absolute atomic E-state index is 0.0526. The van der Waals surface area contributed by atoms with Crippen LogP contribution in [0.3, 0.4) is 0 Å². The minimum atomic E-state index is -0.0526. The zero-order valence-electron chi connectivity index (χ0n) is 27.3. The molecule has 6 aromatic carbocycles. The summed E-state index contributed by atoms with van der Waals surface area (Å²) in [5.41, 5.74) is 12.7. The summed E-state index contributed by atoms with van der Waals surface area (Å²) in [7, 11) is 0. The predicted octanol–water partition coefficient (Wildman–Crippen LogP) is 11.1. The van der Waals surface area contributed by atoms with Gasteiger partial charge in [-0.3, -0.25) is 4.98 Å². The number of aromatic nitrogens is 4. The van der Waals surface area contributed by atoms with Crippen molar-refractivity contribution in [2.24, 2.45) is 0 Å². The molecule has 1 aliphatic rings. The van der Waals surface area contributed by atoms with Crippen LogP contribution >= 0.6 is 0 Å². The molecule has 2 aromatic heterocycles. The van der Waals surface area contributed by atoms with Crippen molar-refractivity contribution in [1.29, 1.82) is 0 Å². The van der Waals surface area contributed by atoms with Gasteiger partial charge in [-0.2, -0.15) is 0 Å². The van der Waals surface area contributed by atoms with Crippen molar-refractivity contribution in [2.45, 2.75) is 19.3 Å². The number of nitrogens with zero attached hydrogens (tertiary/aromatic N) is 4. The van der Waals surface area contributed by atoms with E-state index in [1.165, 1.54) is 38.6 Å². The van der Waals surface area contributed by atoms with Crippen molar-refractivity contribution in [3.05, 3.63) is 169 Å². The van der Waals surface area contributed by atoms with Crippen LogP contribution in [0.4, 0.5) is 0 Å². The molecule has 9 rings (SSSR count). The molecule has 4 nitrogen and oxygen atoms in total. The number of hydrogen-bond donors (Lipinski definition) is 0. The van der Waals surface area contributed by atoms with Gasteiger partial charge in [-0.25, -0.2) is 15.0 Å². The Labute approximate surface area is 285 Å². The molecule has 0 N–H and O–H groups in total. The lowest BCUT2D eigenvalue weighted by Crippen LogP contribution is -2.14. The van der Waals surface area contributed by atoms with Gasteiger partial charge >= 0.3 is 0 Å². The van der Waals surface area contributed by atoms with E-state index in [1.807, 2.05) is 42.6 Å². The molecule has 2 heterocycles. The van der Waals surface area contributed by atoms with Crippen LogP contribution in [-0.2, 0) is 5.41 Å². The lowest BCUT2D eigenvalue weighted by molar-refractivity contribution is 0.661. The summed E-state index contributed by atoms with van der Waals surface area (Å²) >= 11 is 0. The highest BCUT2D eigenvalue weighted by Gasteiger charge is 2.36. The second-order valence-electron chi connectivity index (χ2n) is 13.2. The second kappa shape index (κ2) is 11.5. The Kier molecular flexibility index (Phi) is 6.77. The van der Waals surface area contributed by atoms with Gasteiger partial charge in [0.05, 0.1) is 0 Å². The Morgan fingerprint density at radius 3 is 1.61 bits per heavy atom. The molecule has 0 bridgehead atoms. The molecule has 0 atom stereocenters. The number of rotatable bonds is 5. The Morgan fingerprint density at radius 2 is 0.959 bits per heavy atom. The van der Waals surface area contributed by atoms with Crippen LogP contribution in [0.2, 0.25) is 0 Å². The lowest BCUT2D eigenvalue weighted by Gasteiger charge is -2.21. The molecule has 0 amide bonds. The average molecular weight is 629 g/mol. The Bertz CT molecular complexity index is 2490. The van der Waals surface area contributed by atoms with Crippen LogP contribution < -0.4 is 0 Å². The monoisotopic (exact) mass is 628 g/mol. The highest BCUT2D eigenvalue weighted by molar-refractivity contribution is 6.03. The second-order valence-corrected chi connectivity index (χ2v) is 13.2. The maximum atomic E-state index is 4.99. The predicted molar refractivity (Wildman–Crippen MR) is 200 cm³/mol. The van der Waals surface area contributed by atoms with Crippen molar-refractivity contribution in [2.75, 3.05) is 0 Å². The first-order valence-electron chi connectivity index (χ1n) is 16.6. The first-order valence-corrected chi connectivity index (χ1v) is 16.6. The van der Waals surface area contributed by atoms with Crippen LogP contribution in [-0.4, -0.2) is 19.9 Å². The fourth-order valence-corrected chi connectivity index (χ4v) is 7.21. The number of fused-ring (bicyclic) bond motifs is 5. The Hall–Kier alpha value is -6.26. The van der Waals surface area contributed by atoms with Crippen LogP contribution in [0, 0.1) is 0 Å². The van der Waals surface area contributed by atoms with E-state index in [2.05, 4.69) is 128 Å². The van der Waals surface area contributed by atoms with E-state index < -0.39 is 0 Å². The molecule has 0 saturated carbocycles. The molecule has 0 radical (unpaired) electrons. The van der Waals surface area contributed by atoms with Gasteiger partial charge in [-0.1, -0.05) is 147 Å². The SMILES string of the molecule is CC1(C)c2ccc(-c3ccc(-c4nc(-c5ccccc5)nc(-c5ccc(-c6cccnc6)cc5)n4)cc3)cc2-c2c1ccc1ccccc21. The molecule has 4 heteroatoms. The largest absolute Gasteiger partial charge is 0.264 e. The Balaban J connectivity index is 1.10. The summed E-state index contributed by atoms with van der Waals surface area (Å²) in [5.74, 6) is 1.92. The topological polar surface area (TPSA) is 51.6 Å². The molecule has 8 aromatic rings. The van der Waals surface area contributed by atoms with E-state index >= 15 is 0 Å².